The predicted octanol–water partition coefficient (Wildman–Crippen LogP) is 2.32. The van der Waals surface area contributed by atoms with Crippen LogP contribution in [0.3, 0.4) is 0 Å². The van der Waals surface area contributed by atoms with Gasteiger partial charge in [0.15, 0.2) is 0 Å². The molecular weight excluding hydrogens is 256 g/mol. The lowest BCUT2D eigenvalue weighted by Crippen LogP contribution is -2.07. The molecule has 0 radical (unpaired) electrons. The molecule has 0 aliphatic heterocycles. The molecule has 0 atom stereocenters. The van der Waals surface area contributed by atoms with Gasteiger partial charge in [0, 0.05) is 12.5 Å². The van der Waals surface area contributed by atoms with Crippen molar-refractivity contribution in [2.75, 3.05) is 7.11 Å². The minimum atomic E-state index is -2.96. The Balaban J connectivity index is 2.53. The van der Waals surface area contributed by atoms with E-state index in [1.54, 1.807) is 0 Å². The summed E-state index contributed by atoms with van der Waals surface area (Å²) in [6.07, 6.45) is 0. The van der Waals surface area contributed by atoms with Crippen LogP contribution in [-0.4, -0.2) is 17.3 Å². The number of hydrogen-bond acceptors (Lipinski definition) is 5. The first kappa shape index (κ1) is 13.4. The van der Waals surface area contributed by atoms with Crippen molar-refractivity contribution in [3.8, 4) is 17.1 Å². The summed E-state index contributed by atoms with van der Waals surface area (Å²) in [5.41, 5.74) is 5.55. The van der Waals surface area contributed by atoms with E-state index in [-0.39, 0.29) is 23.8 Å². The van der Waals surface area contributed by atoms with Crippen LogP contribution in [0.1, 0.15) is 18.4 Å². The first-order valence-electron chi connectivity index (χ1n) is 5.55. The topological polar surface area (TPSA) is 74.2 Å². The summed E-state index contributed by atoms with van der Waals surface area (Å²) >= 11 is 0. The van der Waals surface area contributed by atoms with E-state index in [0.29, 0.717) is 11.3 Å². The molecule has 19 heavy (non-hydrogen) atoms. The molecule has 2 N–H and O–H groups in total. The van der Waals surface area contributed by atoms with Gasteiger partial charge in [0.1, 0.15) is 5.75 Å². The average Bonchev–Trinajstić information content (AvgIpc) is 2.85. The van der Waals surface area contributed by atoms with E-state index in [0.717, 1.165) is 6.92 Å². The van der Waals surface area contributed by atoms with Gasteiger partial charge in [0.2, 0.25) is 11.7 Å². The Morgan fingerprint density at radius 3 is 2.68 bits per heavy atom. The molecule has 1 aromatic carbocycles. The zero-order chi connectivity index (χ0) is 14.0. The molecule has 102 valence electrons. The van der Waals surface area contributed by atoms with Crippen LogP contribution in [0, 0.1) is 0 Å². The number of methoxy groups -OCH3 is 1. The molecule has 0 unspecified atom stereocenters. The van der Waals surface area contributed by atoms with Gasteiger partial charge in [0.25, 0.3) is 5.92 Å². The first-order valence-corrected chi connectivity index (χ1v) is 5.55. The maximum absolute atomic E-state index is 13.3. The van der Waals surface area contributed by atoms with E-state index < -0.39 is 5.92 Å². The highest BCUT2D eigenvalue weighted by atomic mass is 19.3. The smallest absolute Gasteiger partial charge is 0.270 e. The summed E-state index contributed by atoms with van der Waals surface area (Å²) in [5.74, 6) is -2.17. The summed E-state index contributed by atoms with van der Waals surface area (Å²) in [7, 11) is 1.44. The van der Waals surface area contributed by atoms with Gasteiger partial charge in [0.05, 0.1) is 19.2 Å². The summed E-state index contributed by atoms with van der Waals surface area (Å²) in [4.78, 5) is 4.00. The highest BCUT2D eigenvalue weighted by Gasteiger charge is 2.26. The molecule has 1 aromatic heterocycles. The third-order valence-electron chi connectivity index (χ3n) is 2.59. The second kappa shape index (κ2) is 4.93. The second-order valence-electron chi connectivity index (χ2n) is 4.02. The molecule has 1 heterocycles. The van der Waals surface area contributed by atoms with Crippen LogP contribution >= 0.6 is 0 Å². The Hall–Kier alpha value is -2.02. The Morgan fingerprint density at radius 1 is 1.42 bits per heavy atom. The molecule has 0 aliphatic rings. The van der Waals surface area contributed by atoms with Crippen LogP contribution in [0.15, 0.2) is 22.7 Å². The molecule has 0 fully saturated rings. The lowest BCUT2D eigenvalue weighted by atomic mass is 10.0. The van der Waals surface area contributed by atoms with Gasteiger partial charge in [-0.25, -0.2) is 8.78 Å². The fourth-order valence-electron chi connectivity index (χ4n) is 1.60. The van der Waals surface area contributed by atoms with Crippen LogP contribution in [0.4, 0.5) is 8.78 Å². The summed E-state index contributed by atoms with van der Waals surface area (Å²) < 4.78 is 36.6. The van der Waals surface area contributed by atoms with Gasteiger partial charge in [-0.15, -0.1) is 0 Å². The minimum absolute atomic E-state index is 0.0823. The Bertz CT molecular complexity index is 579. The lowest BCUT2D eigenvalue weighted by Gasteiger charge is -2.13. The summed E-state index contributed by atoms with van der Waals surface area (Å²) in [6.45, 7) is 0.902. The molecule has 0 bridgehead atoms. The van der Waals surface area contributed by atoms with Crippen molar-refractivity contribution in [2.45, 2.75) is 19.4 Å². The Kier molecular flexibility index (Phi) is 3.48. The fourth-order valence-corrected chi connectivity index (χ4v) is 1.60. The highest BCUT2D eigenvalue weighted by molar-refractivity contribution is 5.65. The minimum Gasteiger partial charge on any atom is -0.496 e. The van der Waals surface area contributed by atoms with E-state index in [4.69, 9.17) is 15.0 Å². The van der Waals surface area contributed by atoms with Crippen molar-refractivity contribution in [2.24, 2.45) is 5.73 Å². The molecular formula is C12H13F2N3O2. The van der Waals surface area contributed by atoms with Gasteiger partial charge < -0.3 is 15.0 Å². The largest absolute Gasteiger partial charge is 0.496 e. The number of benzene rings is 1. The van der Waals surface area contributed by atoms with Gasteiger partial charge in [-0.2, -0.15) is 4.98 Å². The standard InChI is InChI=1S/C12H13F2N3O2/c1-12(13,14)7-3-4-9(18-2)8(5-7)11-16-10(6-15)19-17-11/h3-5H,6,15H2,1-2H3. The number of ether oxygens (including phenoxy) is 1. The number of halogens is 2. The third-order valence-corrected chi connectivity index (χ3v) is 2.59. The van der Waals surface area contributed by atoms with Crippen molar-refractivity contribution in [1.82, 2.24) is 10.1 Å². The molecule has 2 rings (SSSR count). The SMILES string of the molecule is COc1ccc(C(C)(F)F)cc1-c1noc(CN)n1. The van der Waals surface area contributed by atoms with E-state index in [2.05, 4.69) is 10.1 Å². The molecule has 2 aromatic rings. The van der Waals surface area contributed by atoms with E-state index in [9.17, 15) is 8.78 Å². The van der Waals surface area contributed by atoms with Gasteiger partial charge in [-0.1, -0.05) is 5.16 Å². The van der Waals surface area contributed by atoms with Crippen molar-refractivity contribution in [1.29, 1.82) is 0 Å². The summed E-state index contributed by atoms with van der Waals surface area (Å²) in [5, 5.41) is 3.70. The lowest BCUT2D eigenvalue weighted by molar-refractivity contribution is 0.0175. The molecule has 0 aliphatic carbocycles. The molecule has 7 heteroatoms. The van der Waals surface area contributed by atoms with Crippen molar-refractivity contribution < 1.29 is 18.0 Å². The summed E-state index contributed by atoms with van der Waals surface area (Å²) in [6, 6.07) is 4.02. The van der Waals surface area contributed by atoms with Crippen LogP contribution in [0.25, 0.3) is 11.4 Å². The first-order chi connectivity index (χ1) is 8.95. The maximum atomic E-state index is 13.3. The molecule has 0 spiro atoms. The molecule has 0 saturated carbocycles. The van der Waals surface area contributed by atoms with Crippen LogP contribution in [-0.2, 0) is 12.5 Å². The zero-order valence-electron chi connectivity index (χ0n) is 10.5. The quantitative estimate of drug-likeness (QED) is 0.921. The zero-order valence-corrected chi connectivity index (χ0v) is 10.5. The van der Waals surface area contributed by atoms with Crippen molar-refractivity contribution >= 4 is 0 Å². The Labute approximate surface area is 108 Å². The number of hydrogen-bond donors (Lipinski definition) is 1. The molecule has 0 saturated heterocycles. The van der Waals surface area contributed by atoms with E-state index >= 15 is 0 Å². The van der Waals surface area contributed by atoms with Gasteiger partial charge >= 0.3 is 0 Å². The fraction of sp³-hybridized carbons (Fsp3) is 0.333. The number of rotatable bonds is 4. The normalized spacial score (nSPS) is 11.6. The predicted molar refractivity (Wildman–Crippen MR) is 63.7 cm³/mol. The van der Waals surface area contributed by atoms with Crippen LogP contribution in [0.5, 0.6) is 5.75 Å². The average molecular weight is 269 g/mol. The van der Waals surface area contributed by atoms with Crippen LogP contribution < -0.4 is 10.5 Å². The Morgan fingerprint density at radius 2 is 2.16 bits per heavy atom. The number of nitrogens with two attached hydrogens (primary N) is 1. The molecule has 0 amide bonds. The number of alkyl halides is 2. The molecule has 5 nitrogen and oxygen atoms in total. The second-order valence-corrected chi connectivity index (χ2v) is 4.02. The van der Waals surface area contributed by atoms with Crippen molar-refractivity contribution in [3.63, 3.8) is 0 Å². The number of aromatic nitrogens is 2. The maximum Gasteiger partial charge on any atom is 0.270 e. The monoisotopic (exact) mass is 269 g/mol. The number of nitrogens with zero attached hydrogens (tertiary/aromatic N) is 2. The van der Waals surface area contributed by atoms with Crippen LogP contribution in [0.2, 0.25) is 0 Å². The highest BCUT2D eigenvalue weighted by Crippen LogP contribution is 2.34. The van der Waals surface area contributed by atoms with Gasteiger partial charge in [-0.05, 0) is 18.2 Å². The van der Waals surface area contributed by atoms with Crippen molar-refractivity contribution in [3.05, 3.63) is 29.7 Å². The van der Waals surface area contributed by atoms with Gasteiger partial charge in [-0.3, -0.25) is 0 Å². The van der Waals surface area contributed by atoms with E-state index in [1.165, 1.54) is 25.3 Å². The third kappa shape index (κ3) is 2.70. The van der Waals surface area contributed by atoms with E-state index in [1.807, 2.05) is 0 Å².